The van der Waals surface area contributed by atoms with Gasteiger partial charge in [0.05, 0.1) is 5.69 Å². The van der Waals surface area contributed by atoms with E-state index in [1.807, 2.05) is 17.9 Å². The Labute approximate surface area is 84.8 Å². The smallest absolute Gasteiger partial charge is 0.0518 e. The maximum atomic E-state index is 4.14. The predicted octanol–water partition coefficient (Wildman–Crippen LogP) is 1.62. The number of rotatable bonds is 3. The van der Waals surface area contributed by atoms with Crippen molar-refractivity contribution >= 4 is 0 Å². The second-order valence-electron chi connectivity index (χ2n) is 3.79. The summed E-state index contributed by atoms with van der Waals surface area (Å²) in [6, 6.07) is 2.61. The van der Waals surface area contributed by atoms with Gasteiger partial charge in [0.15, 0.2) is 0 Å². The molecule has 1 N–H and O–H groups in total. The van der Waals surface area contributed by atoms with E-state index in [2.05, 4.69) is 28.6 Å². The molecule has 1 unspecified atom stereocenters. The predicted molar refractivity (Wildman–Crippen MR) is 56.8 cm³/mol. The molecule has 0 bridgehead atoms. The van der Waals surface area contributed by atoms with Gasteiger partial charge in [-0.25, -0.2) is 0 Å². The van der Waals surface area contributed by atoms with Gasteiger partial charge in [0.1, 0.15) is 0 Å². The highest BCUT2D eigenvalue weighted by Gasteiger charge is 2.07. The number of nitrogens with one attached hydrogen (secondary N) is 1. The van der Waals surface area contributed by atoms with Gasteiger partial charge in [0.2, 0.25) is 0 Å². The first-order chi connectivity index (χ1) is 6.86. The van der Waals surface area contributed by atoms with Crippen LogP contribution >= 0.6 is 0 Å². The molecular weight excluding hydrogens is 174 g/mol. The third-order valence-corrected chi connectivity index (χ3v) is 2.72. The van der Waals surface area contributed by atoms with Gasteiger partial charge >= 0.3 is 0 Å². The topological polar surface area (TPSA) is 29.9 Å². The molecule has 0 amide bonds. The lowest BCUT2D eigenvalue weighted by Gasteiger charge is -2.17. The number of allylic oxidation sites excluding steroid dienone is 1. The van der Waals surface area contributed by atoms with Crippen LogP contribution in [0, 0.1) is 0 Å². The maximum absolute atomic E-state index is 4.14. The monoisotopic (exact) mass is 191 g/mol. The number of aromatic nitrogens is 2. The summed E-state index contributed by atoms with van der Waals surface area (Å²) in [5.74, 6) is 0. The van der Waals surface area contributed by atoms with Crippen LogP contribution in [0.15, 0.2) is 24.4 Å². The van der Waals surface area contributed by atoms with E-state index in [1.165, 1.54) is 25.0 Å². The van der Waals surface area contributed by atoms with Crippen LogP contribution in [0.2, 0.25) is 0 Å². The highest BCUT2D eigenvalue weighted by Crippen LogP contribution is 2.10. The van der Waals surface area contributed by atoms with Crippen LogP contribution in [0.3, 0.4) is 0 Å². The summed E-state index contributed by atoms with van der Waals surface area (Å²) in [7, 11) is 1.98. The third-order valence-electron chi connectivity index (χ3n) is 2.72. The van der Waals surface area contributed by atoms with Crippen LogP contribution in [-0.2, 0) is 13.6 Å². The molecule has 0 radical (unpaired) electrons. The summed E-state index contributed by atoms with van der Waals surface area (Å²) in [5, 5.41) is 7.66. The molecule has 3 nitrogen and oxygen atoms in total. The lowest BCUT2D eigenvalue weighted by molar-refractivity contribution is 0.508. The first kappa shape index (κ1) is 9.46. The molecule has 0 spiro atoms. The fourth-order valence-corrected chi connectivity index (χ4v) is 1.79. The van der Waals surface area contributed by atoms with Crippen molar-refractivity contribution < 1.29 is 0 Å². The highest BCUT2D eigenvalue weighted by atomic mass is 15.3. The van der Waals surface area contributed by atoms with Gasteiger partial charge < -0.3 is 5.32 Å². The summed E-state index contributed by atoms with van der Waals surface area (Å²) in [4.78, 5) is 0. The highest BCUT2D eigenvalue weighted by molar-refractivity contribution is 5.02. The van der Waals surface area contributed by atoms with Crippen molar-refractivity contribution in [2.24, 2.45) is 7.05 Å². The van der Waals surface area contributed by atoms with Crippen LogP contribution in [-0.4, -0.2) is 15.8 Å². The second kappa shape index (κ2) is 4.42. The zero-order valence-electron chi connectivity index (χ0n) is 8.61. The summed E-state index contributed by atoms with van der Waals surface area (Å²) < 4.78 is 1.92. The number of hydrogen-bond acceptors (Lipinski definition) is 2. The van der Waals surface area contributed by atoms with Crippen LogP contribution in [0.5, 0.6) is 0 Å². The Kier molecular flexibility index (Phi) is 2.99. The van der Waals surface area contributed by atoms with Crippen LogP contribution in [0.25, 0.3) is 0 Å². The average Bonchev–Trinajstić information content (AvgIpc) is 2.63. The minimum absolute atomic E-state index is 0.554. The fraction of sp³-hybridized carbons (Fsp3) is 0.545. The van der Waals surface area contributed by atoms with E-state index >= 15 is 0 Å². The zero-order chi connectivity index (χ0) is 9.80. The molecule has 1 atom stereocenters. The molecule has 1 heterocycles. The molecule has 0 aromatic carbocycles. The van der Waals surface area contributed by atoms with Gasteiger partial charge in [0, 0.05) is 25.8 Å². The van der Waals surface area contributed by atoms with E-state index in [4.69, 9.17) is 0 Å². The Morgan fingerprint density at radius 2 is 2.57 bits per heavy atom. The number of hydrogen-bond donors (Lipinski definition) is 1. The van der Waals surface area contributed by atoms with E-state index in [-0.39, 0.29) is 0 Å². The Bertz CT molecular complexity index is 314. The Balaban J connectivity index is 1.85. The Hall–Kier alpha value is -1.09. The number of aryl methyl sites for hydroxylation is 1. The van der Waals surface area contributed by atoms with E-state index in [0.29, 0.717) is 6.04 Å². The van der Waals surface area contributed by atoms with Gasteiger partial charge in [-0.05, 0) is 25.3 Å². The Morgan fingerprint density at radius 1 is 1.64 bits per heavy atom. The van der Waals surface area contributed by atoms with Crippen molar-refractivity contribution in [1.29, 1.82) is 0 Å². The normalized spacial score (nSPS) is 21.4. The van der Waals surface area contributed by atoms with Gasteiger partial charge in [0.25, 0.3) is 0 Å². The van der Waals surface area contributed by atoms with Gasteiger partial charge in [-0.1, -0.05) is 12.2 Å². The molecule has 2 rings (SSSR count). The fourth-order valence-electron chi connectivity index (χ4n) is 1.79. The lowest BCUT2D eigenvalue weighted by Crippen LogP contribution is -2.28. The summed E-state index contributed by atoms with van der Waals surface area (Å²) in [5.41, 5.74) is 1.24. The zero-order valence-corrected chi connectivity index (χ0v) is 8.61. The van der Waals surface area contributed by atoms with Crippen molar-refractivity contribution in [2.45, 2.75) is 31.8 Å². The van der Waals surface area contributed by atoms with E-state index in [9.17, 15) is 0 Å². The maximum Gasteiger partial charge on any atom is 0.0518 e. The van der Waals surface area contributed by atoms with E-state index < -0.39 is 0 Å². The van der Waals surface area contributed by atoms with Crippen molar-refractivity contribution in [1.82, 2.24) is 15.1 Å². The molecule has 0 fully saturated rings. The van der Waals surface area contributed by atoms with Crippen LogP contribution in [0.4, 0.5) is 0 Å². The minimum atomic E-state index is 0.554. The molecule has 0 saturated heterocycles. The van der Waals surface area contributed by atoms with E-state index in [0.717, 1.165) is 6.54 Å². The summed E-state index contributed by atoms with van der Waals surface area (Å²) in [6.45, 7) is 0.908. The Morgan fingerprint density at radius 3 is 3.21 bits per heavy atom. The van der Waals surface area contributed by atoms with Crippen molar-refractivity contribution in [3.05, 3.63) is 30.1 Å². The van der Waals surface area contributed by atoms with Gasteiger partial charge in [-0.2, -0.15) is 5.10 Å². The molecule has 1 aliphatic rings. The molecular formula is C11H17N3. The average molecular weight is 191 g/mol. The molecule has 76 valence electrons. The SMILES string of the molecule is Cn1nccc1CNC1C=CCCC1. The summed E-state index contributed by atoms with van der Waals surface area (Å²) >= 11 is 0. The van der Waals surface area contributed by atoms with Crippen molar-refractivity contribution in [2.75, 3.05) is 0 Å². The lowest BCUT2D eigenvalue weighted by atomic mass is 10.0. The quantitative estimate of drug-likeness (QED) is 0.736. The largest absolute Gasteiger partial charge is 0.305 e. The van der Waals surface area contributed by atoms with Crippen LogP contribution < -0.4 is 5.32 Å². The second-order valence-corrected chi connectivity index (χ2v) is 3.79. The van der Waals surface area contributed by atoms with Gasteiger partial charge in [-0.3, -0.25) is 4.68 Å². The van der Waals surface area contributed by atoms with Gasteiger partial charge in [-0.15, -0.1) is 0 Å². The molecule has 3 heteroatoms. The molecule has 1 aliphatic carbocycles. The molecule has 1 aromatic heterocycles. The molecule has 0 aliphatic heterocycles. The first-order valence-electron chi connectivity index (χ1n) is 5.23. The standard InChI is InChI=1S/C11H17N3/c1-14-11(7-8-13-14)9-12-10-5-3-2-4-6-10/h3,5,7-8,10,12H,2,4,6,9H2,1H3. The first-order valence-corrected chi connectivity index (χ1v) is 5.23. The molecule has 0 saturated carbocycles. The molecule has 14 heavy (non-hydrogen) atoms. The summed E-state index contributed by atoms with van der Waals surface area (Å²) in [6.07, 6.45) is 10.2. The number of nitrogens with zero attached hydrogens (tertiary/aromatic N) is 2. The van der Waals surface area contributed by atoms with Crippen molar-refractivity contribution in [3.8, 4) is 0 Å². The minimum Gasteiger partial charge on any atom is -0.305 e. The van der Waals surface area contributed by atoms with Crippen LogP contribution in [0.1, 0.15) is 25.0 Å². The third kappa shape index (κ3) is 2.23. The van der Waals surface area contributed by atoms with Crippen molar-refractivity contribution in [3.63, 3.8) is 0 Å². The van der Waals surface area contributed by atoms with E-state index in [1.54, 1.807) is 0 Å². The molecule has 1 aromatic rings.